The zero-order valence-electron chi connectivity index (χ0n) is 18.4. The highest BCUT2D eigenvalue weighted by Gasteiger charge is 2.48. The van der Waals surface area contributed by atoms with E-state index in [0.29, 0.717) is 17.9 Å². The quantitative estimate of drug-likeness (QED) is 0.371. The van der Waals surface area contributed by atoms with Crippen molar-refractivity contribution in [3.8, 4) is 5.75 Å². The fourth-order valence-corrected chi connectivity index (χ4v) is 3.69. The topological polar surface area (TPSA) is 110 Å². The number of amides is 3. The number of nitro groups is 1. The average molecular weight is 439 g/mol. The van der Waals surface area contributed by atoms with Crippen LogP contribution in [0.4, 0.5) is 11.4 Å². The van der Waals surface area contributed by atoms with Crippen LogP contribution >= 0.6 is 0 Å². The van der Waals surface area contributed by atoms with Gasteiger partial charge in [-0.2, -0.15) is 0 Å². The number of imide groups is 1. The first kappa shape index (κ1) is 22.9. The smallest absolute Gasteiger partial charge is 0.269 e. The summed E-state index contributed by atoms with van der Waals surface area (Å²) in [6.45, 7) is 5.53. The summed E-state index contributed by atoms with van der Waals surface area (Å²) >= 11 is 0. The van der Waals surface area contributed by atoms with E-state index in [-0.39, 0.29) is 17.7 Å². The van der Waals surface area contributed by atoms with Crippen molar-refractivity contribution in [2.75, 3.05) is 12.0 Å². The molecule has 0 radical (unpaired) electrons. The second-order valence-corrected chi connectivity index (χ2v) is 8.13. The van der Waals surface area contributed by atoms with E-state index >= 15 is 0 Å². The van der Waals surface area contributed by atoms with Crippen LogP contribution in [0.1, 0.15) is 44.0 Å². The van der Waals surface area contributed by atoms with Crippen molar-refractivity contribution in [1.29, 1.82) is 0 Å². The molecule has 1 aliphatic heterocycles. The van der Waals surface area contributed by atoms with E-state index in [4.69, 9.17) is 4.74 Å². The van der Waals surface area contributed by atoms with Gasteiger partial charge in [0, 0.05) is 23.2 Å². The van der Waals surface area contributed by atoms with Gasteiger partial charge in [0.2, 0.25) is 5.91 Å². The number of ether oxygens (including phenoxy) is 1. The minimum absolute atomic E-state index is 0.138. The summed E-state index contributed by atoms with van der Waals surface area (Å²) < 4.78 is 5.12. The van der Waals surface area contributed by atoms with Crippen molar-refractivity contribution >= 4 is 29.1 Å². The van der Waals surface area contributed by atoms with Crippen LogP contribution in [0.15, 0.2) is 48.5 Å². The van der Waals surface area contributed by atoms with Gasteiger partial charge in [-0.15, -0.1) is 0 Å². The maximum atomic E-state index is 13.5. The summed E-state index contributed by atoms with van der Waals surface area (Å²) in [5.41, 5.74) is -0.267. The zero-order valence-corrected chi connectivity index (χ0v) is 18.4. The Morgan fingerprint density at radius 3 is 2.25 bits per heavy atom. The maximum absolute atomic E-state index is 13.5. The fourth-order valence-electron chi connectivity index (χ4n) is 3.69. The summed E-state index contributed by atoms with van der Waals surface area (Å²) in [7, 11) is 1.52. The maximum Gasteiger partial charge on any atom is 0.269 e. The molecule has 1 atom stereocenters. The third kappa shape index (κ3) is 4.18. The minimum Gasteiger partial charge on any atom is -0.497 e. The van der Waals surface area contributed by atoms with Crippen molar-refractivity contribution in [1.82, 2.24) is 4.90 Å². The molecular formula is C23H25N3O6. The number of benzene rings is 2. The monoisotopic (exact) mass is 439 g/mol. The lowest BCUT2D eigenvalue weighted by Gasteiger charge is -2.41. The lowest BCUT2D eigenvalue weighted by molar-refractivity contribution is -0.384. The molecule has 0 bridgehead atoms. The van der Waals surface area contributed by atoms with Crippen LogP contribution in [0.5, 0.6) is 5.75 Å². The average Bonchev–Trinajstić information content (AvgIpc) is 3.07. The van der Waals surface area contributed by atoms with Crippen LogP contribution < -0.4 is 9.64 Å². The predicted molar refractivity (Wildman–Crippen MR) is 118 cm³/mol. The molecule has 0 aliphatic carbocycles. The molecule has 2 aromatic rings. The van der Waals surface area contributed by atoms with Crippen LogP contribution in [-0.2, 0) is 9.59 Å². The third-order valence-corrected chi connectivity index (χ3v) is 5.83. The number of rotatable bonds is 7. The Balaban J connectivity index is 1.97. The van der Waals surface area contributed by atoms with Gasteiger partial charge >= 0.3 is 0 Å². The zero-order chi connectivity index (χ0) is 23.6. The Kier molecular flexibility index (Phi) is 6.29. The molecule has 0 saturated carbocycles. The van der Waals surface area contributed by atoms with Crippen LogP contribution in [0, 0.1) is 10.1 Å². The lowest BCUT2D eigenvalue weighted by atomic mass is 9.94. The molecule has 0 N–H and O–H groups in total. The molecule has 1 saturated heterocycles. The number of hydrogen-bond donors (Lipinski definition) is 0. The molecule has 168 valence electrons. The Morgan fingerprint density at radius 1 is 1.16 bits per heavy atom. The molecule has 1 heterocycles. The Morgan fingerprint density at radius 2 is 1.75 bits per heavy atom. The second-order valence-electron chi connectivity index (χ2n) is 8.13. The highest BCUT2D eigenvalue weighted by atomic mass is 16.6. The van der Waals surface area contributed by atoms with Gasteiger partial charge in [0.05, 0.1) is 24.1 Å². The van der Waals surface area contributed by atoms with E-state index in [2.05, 4.69) is 0 Å². The molecule has 3 rings (SSSR count). The molecule has 1 unspecified atom stereocenters. The number of methoxy groups -OCH3 is 1. The first-order valence-electron chi connectivity index (χ1n) is 10.2. The number of nitrogens with zero attached hydrogens (tertiary/aromatic N) is 3. The Hall–Kier alpha value is -3.75. The van der Waals surface area contributed by atoms with Crippen molar-refractivity contribution < 1.29 is 24.0 Å². The summed E-state index contributed by atoms with van der Waals surface area (Å²) in [5, 5.41) is 10.9. The van der Waals surface area contributed by atoms with Gasteiger partial charge in [-0.3, -0.25) is 24.5 Å². The number of hydrogen-bond acceptors (Lipinski definition) is 6. The first-order valence-corrected chi connectivity index (χ1v) is 10.2. The van der Waals surface area contributed by atoms with E-state index in [0.717, 1.165) is 4.90 Å². The second kappa shape index (κ2) is 8.78. The molecule has 9 heteroatoms. The van der Waals surface area contributed by atoms with Crippen LogP contribution in [-0.4, -0.2) is 46.2 Å². The van der Waals surface area contributed by atoms with Crippen LogP contribution in [0.25, 0.3) is 0 Å². The predicted octanol–water partition coefficient (Wildman–Crippen LogP) is 3.57. The molecule has 0 aromatic heterocycles. The van der Waals surface area contributed by atoms with Gasteiger partial charge in [-0.05, 0) is 56.7 Å². The molecule has 1 fully saturated rings. The van der Waals surface area contributed by atoms with Crippen molar-refractivity contribution in [3.63, 3.8) is 0 Å². The van der Waals surface area contributed by atoms with Crippen molar-refractivity contribution in [3.05, 3.63) is 64.2 Å². The summed E-state index contributed by atoms with van der Waals surface area (Å²) in [6, 6.07) is 10.8. The molecular weight excluding hydrogens is 414 g/mol. The molecule has 32 heavy (non-hydrogen) atoms. The highest BCUT2D eigenvalue weighted by molar-refractivity contribution is 6.23. The number of nitro benzene ring substituents is 1. The third-order valence-electron chi connectivity index (χ3n) is 5.83. The van der Waals surface area contributed by atoms with Gasteiger partial charge < -0.3 is 9.64 Å². The number of non-ortho nitro benzene ring substituents is 1. The van der Waals surface area contributed by atoms with Gasteiger partial charge in [-0.25, -0.2) is 4.90 Å². The van der Waals surface area contributed by atoms with Crippen molar-refractivity contribution in [2.24, 2.45) is 0 Å². The fraction of sp³-hybridized carbons (Fsp3) is 0.348. The SMILES string of the molecule is CCC(C)(C)N(C(=O)c1ccc([N+](=O)[O-])cc1)C1CC(=O)N(c2ccc(OC)cc2)C1=O. The largest absolute Gasteiger partial charge is 0.497 e. The highest BCUT2D eigenvalue weighted by Crippen LogP contribution is 2.33. The molecule has 9 nitrogen and oxygen atoms in total. The van der Waals surface area contributed by atoms with E-state index < -0.39 is 34.2 Å². The number of anilines is 1. The van der Waals surface area contributed by atoms with E-state index in [1.165, 1.54) is 36.3 Å². The van der Waals surface area contributed by atoms with Gasteiger partial charge in [0.15, 0.2) is 0 Å². The normalized spacial score (nSPS) is 16.2. The molecule has 2 aromatic carbocycles. The summed E-state index contributed by atoms with van der Waals surface area (Å²) in [4.78, 5) is 52.5. The molecule has 0 spiro atoms. The van der Waals surface area contributed by atoms with Gasteiger partial charge in [0.1, 0.15) is 11.8 Å². The summed E-state index contributed by atoms with van der Waals surface area (Å²) in [6.07, 6.45) is 0.388. The van der Waals surface area contributed by atoms with Gasteiger partial charge in [0.25, 0.3) is 17.5 Å². The first-order chi connectivity index (χ1) is 15.1. The van der Waals surface area contributed by atoms with E-state index in [1.807, 2.05) is 20.8 Å². The standard InChI is InChI=1S/C23H25N3O6/c1-5-23(2,3)25(21(28)15-6-8-17(9-7-15)26(30)31)19-14-20(27)24(22(19)29)16-10-12-18(32-4)13-11-16/h6-13,19H,5,14H2,1-4H3. The number of carbonyl (C=O) groups excluding carboxylic acids is 3. The number of carbonyl (C=O) groups is 3. The van der Waals surface area contributed by atoms with Gasteiger partial charge in [-0.1, -0.05) is 6.92 Å². The molecule has 1 aliphatic rings. The van der Waals surface area contributed by atoms with Crippen LogP contribution in [0.3, 0.4) is 0 Å². The summed E-state index contributed by atoms with van der Waals surface area (Å²) in [5.74, 6) is -0.767. The minimum atomic E-state index is -0.984. The van der Waals surface area contributed by atoms with Crippen LogP contribution in [0.2, 0.25) is 0 Å². The Bertz CT molecular complexity index is 1050. The van der Waals surface area contributed by atoms with Crippen molar-refractivity contribution in [2.45, 2.75) is 45.2 Å². The Labute approximate surface area is 185 Å². The lowest BCUT2D eigenvalue weighted by Crippen LogP contribution is -2.55. The van der Waals surface area contributed by atoms with E-state index in [1.54, 1.807) is 24.3 Å². The van der Waals surface area contributed by atoms with E-state index in [9.17, 15) is 24.5 Å². The molecule has 3 amide bonds.